The number of aryl methyl sites for hydroxylation is 2. The zero-order chi connectivity index (χ0) is 18.8. The number of carbonyl (C=O) groups excluding carboxylic acids is 1. The van der Waals surface area contributed by atoms with Crippen LogP contribution in [0.15, 0.2) is 23.3 Å². The predicted molar refractivity (Wildman–Crippen MR) is 102 cm³/mol. The van der Waals surface area contributed by atoms with Gasteiger partial charge in [0.05, 0.1) is 6.20 Å². The number of nitrogens with zero attached hydrogens (tertiary/aromatic N) is 4. The second-order valence-corrected chi connectivity index (χ2v) is 7.32. The summed E-state index contributed by atoms with van der Waals surface area (Å²) in [5.74, 6) is 1.29. The van der Waals surface area contributed by atoms with E-state index in [1.807, 2.05) is 36.6 Å². The van der Waals surface area contributed by atoms with E-state index in [4.69, 9.17) is 0 Å². The largest absolute Gasteiger partial charge is 0.315 e. The summed E-state index contributed by atoms with van der Waals surface area (Å²) in [7, 11) is 3.93. The van der Waals surface area contributed by atoms with E-state index in [1.54, 1.807) is 23.9 Å². The average molecular weight is 357 g/mol. The summed E-state index contributed by atoms with van der Waals surface area (Å²) >= 11 is 0. The highest BCUT2D eigenvalue weighted by Crippen LogP contribution is 2.20. The molecule has 7 nitrogen and oxygen atoms in total. The molecule has 26 heavy (non-hydrogen) atoms. The van der Waals surface area contributed by atoms with Gasteiger partial charge in [0.25, 0.3) is 11.5 Å². The molecule has 3 heterocycles. The van der Waals surface area contributed by atoms with Crippen LogP contribution in [0.25, 0.3) is 0 Å². The van der Waals surface area contributed by atoms with E-state index in [0.717, 1.165) is 38.2 Å². The Bertz CT molecular complexity index is 865. The van der Waals surface area contributed by atoms with Gasteiger partial charge in [0.2, 0.25) is 0 Å². The Balaban J connectivity index is 1.90. The molecule has 0 spiro atoms. The summed E-state index contributed by atoms with van der Waals surface area (Å²) in [6.07, 6.45) is 6.57. The lowest BCUT2D eigenvalue weighted by Crippen LogP contribution is -2.35. The first-order valence-corrected chi connectivity index (χ1v) is 9.10. The topological polar surface area (TPSA) is 72.2 Å². The molecule has 2 aromatic heterocycles. The van der Waals surface area contributed by atoms with Gasteiger partial charge in [-0.3, -0.25) is 9.59 Å². The zero-order valence-electron chi connectivity index (χ0n) is 16.0. The summed E-state index contributed by atoms with van der Waals surface area (Å²) in [6.45, 7) is 5.35. The maximum Gasteiger partial charge on any atom is 0.263 e. The summed E-state index contributed by atoms with van der Waals surface area (Å²) < 4.78 is 3.67. The number of pyridine rings is 1. The Morgan fingerprint density at radius 1 is 1.38 bits per heavy atom. The number of hydrogen-bond acceptors (Lipinski definition) is 4. The van der Waals surface area contributed by atoms with Gasteiger partial charge in [-0.1, -0.05) is 0 Å². The second kappa shape index (κ2) is 7.45. The first-order chi connectivity index (χ1) is 12.4. The van der Waals surface area contributed by atoms with Crippen LogP contribution in [-0.4, -0.2) is 45.6 Å². The number of hydrogen-bond donors (Lipinski definition) is 1. The van der Waals surface area contributed by atoms with Crippen LogP contribution < -0.4 is 10.9 Å². The Morgan fingerprint density at radius 2 is 2.15 bits per heavy atom. The van der Waals surface area contributed by atoms with Gasteiger partial charge >= 0.3 is 0 Å². The minimum Gasteiger partial charge on any atom is -0.315 e. The van der Waals surface area contributed by atoms with Crippen molar-refractivity contribution in [1.29, 1.82) is 0 Å². The molecule has 0 fully saturated rings. The van der Waals surface area contributed by atoms with Gasteiger partial charge < -0.3 is 19.4 Å². The molecular formula is C19H27N5O2. The van der Waals surface area contributed by atoms with Gasteiger partial charge in [0.1, 0.15) is 17.2 Å². The van der Waals surface area contributed by atoms with Crippen molar-refractivity contribution < 1.29 is 4.79 Å². The maximum absolute atomic E-state index is 12.9. The van der Waals surface area contributed by atoms with Crippen LogP contribution in [0.5, 0.6) is 0 Å². The van der Waals surface area contributed by atoms with Crippen molar-refractivity contribution in [3.05, 3.63) is 45.8 Å². The Morgan fingerprint density at radius 3 is 2.88 bits per heavy atom. The van der Waals surface area contributed by atoms with E-state index < -0.39 is 0 Å². The molecule has 0 saturated heterocycles. The zero-order valence-corrected chi connectivity index (χ0v) is 16.0. The van der Waals surface area contributed by atoms with Gasteiger partial charge in [-0.15, -0.1) is 0 Å². The van der Waals surface area contributed by atoms with Crippen molar-refractivity contribution in [2.75, 3.05) is 26.0 Å². The monoisotopic (exact) mass is 357 g/mol. The molecule has 1 aliphatic rings. The minimum atomic E-state index is -0.368. The summed E-state index contributed by atoms with van der Waals surface area (Å²) in [4.78, 5) is 32.2. The Kier molecular flexibility index (Phi) is 5.27. The van der Waals surface area contributed by atoms with Crippen LogP contribution in [-0.2, 0) is 13.0 Å². The van der Waals surface area contributed by atoms with Gasteiger partial charge in [0.15, 0.2) is 0 Å². The molecule has 0 bridgehead atoms. The van der Waals surface area contributed by atoms with Crippen LogP contribution in [0, 0.1) is 6.92 Å². The lowest BCUT2D eigenvalue weighted by Gasteiger charge is -2.21. The number of carbonyl (C=O) groups is 1. The minimum absolute atomic E-state index is 0.0209. The third-order valence-electron chi connectivity index (χ3n) is 4.87. The normalized spacial score (nSPS) is 15.0. The van der Waals surface area contributed by atoms with Crippen LogP contribution in [0.4, 0.5) is 5.82 Å². The highest BCUT2D eigenvalue weighted by molar-refractivity contribution is 6.04. The fraction of sp³-hybridized carbons (Fsp3) is 0.526. The number of likely N-dealkylation sites (N-methyl/N-ethyl adjacent to an activating group) is 1. The number of nitrogens with one attached hydrogen (secondary N) is 1. The van der Waals surface area contributed by atoms with E-state index in [1.165, 1.54) is 0 Å². The molecular weight excluding hydrogens is 330 g/mol. The fourth-order valence-corrected chi connectivity index (χ4v) is 3.58. The van der Waals surface area contributed by atoms with Crippen LogP contribution in [0.1, 0.15) is 47.6 Å². The third kappa shape index (κ3) is 3.58. The van der Waals surface area contributed by atoms with Crippen molar-refractivity contribution in [2.24, 2.45) is 0 Å². The van der Waals surface area contributed by atoms with Gasteiger partial charge in [0, 0.05) is 31.7 Å². The number of anilines is 1. The SMILES string of the molecule is Cc1ccn(C(C)CN(C)C)c(=O)c1C(=O)Nc1cnc2n1CCCC2. The molecule has 1 amide bonds. The lowest BCUT2D eigenvalue weighted by molar-refractivity contribution is 0.102. The molecule has 0 aliphatic carbocycles. The molecule has 3 rings (SSSR count). The van der Waals surface area contributed by atoms with E-state index in [-0.39, 0.29) is 23.1 Å². The standard InChI is InChI=1S/C19H27N5O2/c1-13-8-10-23(14(2)12-22(3)4)19(26)17(13)18(25)21-16-11-20-15-7-5-6-9-24(15)16/h8,10-11,14H,5-7,9,12H2,1-4H3,(H,21,25). The fourth-order valence-electron chi connectivity index (χ4n) is 3.58. The van der Waals surface area contributed by atoms with Crippen molar-refractivity contribution >= 4 is 11.7 Å². The molecule has 2 aromatic rings. The summed E-state index contributed by atoms with van der Waals surface area (Å²) in [5, 5.41) is 2.89. The van der Waals surface area contributed by atoms with Gasteiger partial charge in [-0.05, 0) is 52.4 Å². The Labute approximate surface area is 153 Å². The van der Waals surface area contributed by atoms with E-state index >= 15 is 0 Å². The molecule has 1 atom stereocenters. The first kappa shape index (κ1) is 18.4. The third-order valence-corrected chi connectivity index (χ3v) is 4.87. The average Bonchev–Trinajstić information content (AvgIpc) is 2.97. The molecule has 1 N–H and O–H groups in total. The summed E-state index contributed by atoms with van der Waals surface area (Å²) in [5.41, 5.74) is 0.624. The number of aromatic nitrogens is 3. The molecule has 1 unspecified atom stereocenters. The highest BCUT2D eigenvalue weighted by atomic mass is 16.2. The molecule has 140 valence electrons. The molecule has 0 radical (unpaired) electrons. The number of fused-ring (bicyclic) bond motifs is 1. The van der Waals surface area contributed by atoms with Crippen molar-refractivity contribution in [3.63, 3.8) is 0 Å². The maximum atomic E-state index is 12.9. The quantitative estimate of drug-likeness (QED) is 0.889. The van der Waals surface area contributed by atoms with E-state index in [0.29, 0.717) is 11.4 Å². The lowest BCUT2D eigenvalue weighted by atomic mass is 10.1. The second-order valence-electron chi connectivity index (χ2n) is 7.32. The summed E-state index contributed by atoms with van der Waals surface area (Å²) in [6, 6.07) is 1.81. The van der Waals surface area contributed by atoms with Crippen LogP contribution >= 0.6 is 0 Å². The van der Waals surface area contributed by atoms with Crippen LogP contribution in [0.3, 0.4) is 0 Å². The molecule has 0 saturated carbocycles. The van der Waals surface area contributed by atoms with Crippen molar-refractivity contribution in [3.8, 4) is 0 Å². The molecule has 1 aliphatic heterocycles. The number of imidazole rings is 1. The molecule has 0 aromatic carbocycles. The van der Waals surface area contributed by atoms with E-state index in [2.05, 4.69) is 10.3 Å². The van der Waals surface area contributed by atoms with Crippen molar-refractivity contribution in [2.45, 2.75) is 45.7 Å². The van der Waals surface area contributed by atoms with Crippen molar-refractivity contribution in [1.82, 2.24) is 19.0 Å². The highest BCUT2D eigenvalue weighted by Gasteiger charge is 2.21. The Hall–Kier alpha value is -2.41. The van der Waals surface area contributed by atoms with Crippen LogP contribution in [0.2, 0.25) is 0 Å². The number of rotatable bonds is 5. The predicted octanol–water partition coefficient (Wildman–Crippen LogP) is 2.06. The van der Waals surface area contributed by atoms with Gasteiger partial charge in [-0.25, -0.2) is 4.98 Å². The molecule has 7 heteroatoms. The van der Waals surface area contributed by atoms with E-state index in [9.17, 15) is 9.59 Å². The van der Waals surface area contributed by atoms with Gasteiger partial charge in [-0.2, -0.15) is 0 Å². The first-order valence-electron chi connectivity index (χ1n) is 9.10. The number of amides is 1. The smallest absolute Gasteiger partial charge is 0.263 e.